The molecule has 0 aliphatic heterocycles. The molecular weight excluding hydrogens is 829 g/mol. The third kappa shape index (κ3) is 6.06. The van der Waals surface area contributed by atoms with Crippen molar-refractivity contribution in [3.8, 4) is 0 Å². The van der Waals surface area contributed by atoms with E-state index in [2.05, 4.69) is 194 Å². The summed E-state index contributed by atoms with van der Waals surface area (Å²) in [5.41, 5.74) is 15.6. The fourth-order valence-corrected chi connectivity index (χ4v) is 12.6. The van der Waals surface area contributed by atoms with Gasteiger partial charge in [-0.05, 0) is 144 Å². The van der Waals surface area contributed by atoms with Gasteiger partial charge in [0.15, 0.2) is 11.2 Å². The molecule has 0 amide bonds. The average molecular weight is 881 g/mol. The number of nitrogens with zero attached hydrogens (tertiary/aromatic N) is 2. The molecule has 0 spiro atoms. The Hall–Kier alpha value is -7.56. The fraction of sp³-hybridized carbons (Fsp3) is 0.188. The molecule has 0 unspecified atom stereocenters. The maximum atomic E-state index is 7.17. The summed E-state index contributed by atoms with van der Waals surface area (Å²) in [7, 11) is 0. The van der Waals surface area contributed by atoms with Crippen LogP contribution >= 0.6 is 0 Å². The molecule has 14 rings (SSSR count). The number of anilines is 6. The lowest BCUT2D eigenvalue weighted by atomic mass is 9.91. The highest BCUT2D eigenvalue weighted by molar-refractivity contribution is 6.29. The lowest BCUT2D eigenvalue weighted by molar-refractivity contribution is 0.643. The number of fused-ring (bicyclic) bond motifs is 6. The summed E-state index contributed by atoms with van der Waals surface area (Å²) in [5.74, 6) is 1.09. The Bertz CT molecular complexity index is 3680. The monoisotopic (exact) mass is 880 g/mol. The second-order valence-electron chi connectivity index (χ2n) is 19.9. The predicted octanol–water partition coefficient (Wildman–Crippen LogP) is 19.3. The number of aryl methyl sites for hydroxylation is 2. The molecule has 2 fully saturated rings. The molecule has 2 saturated carbocycles. The maximum absolute atomic E-state index is 7.17. The van der Waals surface area contributed by atoms with Crippen molar-refractivity contribution in [2.45, 2.75) is 77.0 Å². The van der Waals surface area contributed by atoms with Crippen LogP contribution in [-0.2, 0) is 0 Å². The Morgan fingerprint density at radius 3 is 1.16 bits per heavy atom. The molecule has 2 heterocycles. The number of benzene rings is 10. The van der Waals surface area contributed by atoms with Crippen LogP contribution in [0.5, 0.6) is 0 Å². The molecule has 4 heteroatoms. The van der Waals surface area contributed by atoms with Crippen molar-refractivity contribution in [2.24, 2.45) is 0 Å². The molecule has 330 valence electrons. The van der Waals surface area contributed by atoms with Gasteiger partial charge >= 0.3 is 0 Å². The molecule has 2 aliphatic carbocycles. The van der Waals surface area contributed by atoms with E-state index in [-0.39, 0.29) is 0 Å². The van der Waals surface area contributed by atoms with E-state index < -0.39 is 0 Å². The molecule has 2 aromatic heterocycles. The van der Waals surface area contributed by atoms with Gasteiger partial charge in [0.1, 0.15) is 11.2 Å². The third-order valence-electron chi connectivity index (χ3n) is 15.8. The number of hydrogen-bond acceptors (Lipinski definition) is 4. The normalized spacial score (nSPS) is 14.9. The van der Waals surface area contributed by atoms with E-state index in [1.807, 2.05) is 0 Å². The van der Waals surface area contributed by atoms with E-state index >= 15 is 0 Å². The highest BCUT2D eigenvalue weighted by atomic mass is 16.3. The van der Waals surface area contributed by atoms with Crippen molar-refractivity contribution in [2.75, 3.05) is 9.80 Å². The maximum Gasteiger partial charge on any atom is 0.159 e. The Labute approximate surface area is 396 Å². The predicted molar refractivity (Wildman–Crippen MR) is 286 cm³/mol. The Kier molecular flexibility index (Phi) is 9.03. The third-order valence-corrected chi connectivity index (χ3v) is 15.8. The molecule has 0 bridgehead atoms. The van der Waals surface area contributed by atoms with E-state index in [1.165, 1.54) is 117 Å². The summed E-state index contributed by atoms with van der Waals surface area (Å²) in [6.45, 7) is 4.37. The van der Waals surface area contributed by atoms with Gasteiger partial charge in [0.25, 0.3) is 0 Å². The quantitative estimate of drug-likeness (QED) is 0.142. The average Bonchev–Trinajstić information content (AvgIpc) is 4.22. The van der Waals surface area contributed by atoms with Gasteiger partial charge < -0.3 is 18.6 Å². The highest BCUT2D eigenvalue weighted by Crippen LogP contribution is 2.52. The minimum absolute atomic E-state index is 0.543. The summed E-state index contributed by atoms with van der Waals surface area (Å²) < 4.78 is 14.3. The second kappa shape index (κ2) is 15.5. The van der Waals surface area contributed by atoms with Crippen LogP contribution in [0, 0.1) is 13.8 Å². The minimum atomic E-state index is 0.543. The summed E-state index contributed by atoms with van der Waals surface area (Å²) in [4.78, 5) is 4.89. The van der Waals surface area contributed by atoms with Crippen LogP contribution in [0.3, 0.4) is 0 Å². The summed E-state index contributed by atoms with van der Waals surface area (Å²) in [6, 6.07) is 63.3. The van der Waals surface area contributed by atoms with Crippen LogP contribution in [0.4, 0.5) is 34.1 Å². The smallest absolute Gasteiger partial charge is 0.159 e. The number of hydrogen-bond donors (Lipinski definition) is 0. The van der Waals surface area contributed by atoms with Crippen LogP contribution in [0.15, 0.2) is 179 Å². The van der Waals surface area contributed by atoms with Crippen molar-refractivity contribution in [3.05, 3.63) is 192 Å². The zero-order valence-corrected chi connectivity index (χ0v) is 38.7. The van der Waals surface area contributed by atoms with Gasteiger partial charge in [0.2, 0.25) is 0 Å². The standard InChI is InChI=1S/C64H52N2O2/c1-39-13-7-19-45(37-39)65(57-27-11-25-51-49-23-9-21-47(41-15-3-4-16-41)61(49)67-63(51)57)55-35-31-43-30-34-54-56(36-32-44-29-33-53(55)59(43)60(44)54)66(46-20-8-14-40(2)38-46)58-28-12-26-52-50-24-10-22-48(42-17-5-6-18-42)62(50)68-64(52)58/h7-14,19-38,41-42H,3-6,15-18H2,1-2H3. The first-order valence-corrected chi connectivity index (χ1v) is 24.9. The lowest BCUT2D eigenvalue weighted by Crippen LogP contribution is -2.12. The van der Waals surface area contributed by atoms with Gasteiger partial charge in [0, 0.05) is 43.7 Å². The first-order chi connectivity index (χ1) is 33.6. The molecule has 68 heavy (non-hydrogen) atoms. The summed E-state index contributed by atoms with van der Waals surface area (Å²) in [5, 5.41) is 12.0. The molecule has 0 radical (unpaired) electrons. The van der Waals surface area contributed by atoms with Crippen LogP contribution in [0.1, 0.15) is 85.5 Å². The zero-order valence-electron chi connectivity index (χ0n) is 38.7. The van der Waals surface area contributed by atoms with Crippen molar-refractivity contribution in [1.82, 2.24) is 0 Å². The number of rotatable bonds is 8. The first-order valence-electron chi connectivity index (χ1n) is 24.9. The first kappa shape index (κ1) is 39.6. The molecule has 12 aromatic rings. The van der Waals surface area contributed by atoms with E-state index in [1.54, 1.807) is 0 Å². The molecule has 0 N–H and O–H groups in total. The van der Waals surface area contributed by atoms with Crippen LogP contribution < -0.4 is 9.80 Å². The Morgan fingerprint density at radius 2 is 0.735 bits per heavy atom. The largest absolute Gasteiger partial charge is 0.454 e. The SMILES string of the molecule is Cc1cccc(N(c2ccc3ccc4c(N(c5cccc(C)c5)c5cccc6c5oc5c(C7CCCC7)cccc56)ccc5ccc2c3c54)c2cccc3c2oc2c(C4CCCC4)cccc23)c1. The van der Waals surface area contributed by atoms with Crippen molar-refractivity contribution in [3.63, 3.8) is 0 Å². The fourth-order valence-electron chi connectivity index (χ4n) is 12.6. The van der Waals surface area contributed by atoms with Crippen LogP contribution in [-0.4, -0.2) is 0 Å². The second-order valence-corrected chi connectivity index (χ2v) is 19.9. The molecule has 0 atom stereocenters. The van der Waals surface area contributed by atoms with E-state index in [0.29, 0.717) is 11.8 Å². The van der Waals surface area contributed by atoms with Crippen LogP contribution in [0.25, 0.3) is 76.2 Å². The number of para-hydroxylation sites is 4. The zero-order chi connectivity index (χ0) is 45.0. The van der Waals surface area contributed by atoms with Gasteiger partial charge in [-0.1, -0.05) is 147 Å². The van der Waals surface area contributed by atoms with E-state index in [9.17, 15) is 0 Å². The molecule has 10 aromatic carbocycles. The topological polar surface area (TPSA) is 32.8 Å². The number of furan rings is 2. The van der Waals surface area contributed by atoms with E-state index in [0.717, 1.165) is 67.2 Å². The minimum Gasteiger partial charge on any atom is -0.454 e. The van der Waals surface area contributed by atoms with Gasteiger partial charge in [-0.3, -0.25) is 0 Å². The Morgan fingerprint density at radius 1 is 0.353 bits per heavy atom. The van der Waals surface area contributed by atoms with Crippen molar-refractivity contribution >= 4 is 110 Å². The highest BCUT2D eigenvalue weighted by Gasteiger charge is 2.28. The van der Waals surface area contributed by atoms with Gasteiger partial charge in [-0.15, -0.1) is 0 Å². The molecule has 4 nitrogen and oxygen atoms in total. The van der Waals surface area contributed by atoms with Crippen molar-refractivity contribution in [1.29, 1.82) is 0 Å². The lowest BCUT2D eigenvalue weighted by Gasteiger charge is -2.29. The van der Waals surface area contributed by atoms with Gasteiger partial charge in [-0.25, -0.2) is 0 Å². The van der Waals surface area contributed by atoms with Crippen LogP contribution in [0.2, 0.25) is 0 Å². The van der Waals surface area contributed by atoms with Crippen molar-refractivity contribution < 1.29 is 8.83 Å². The van der Waals surface area contributed by atoms with Gasteiger partial charge in [-0.2, -0.15) is 0 Å². The molecule has 0 saturated heterocycles. The summed E-state index contributed by atoms with van der Waals surface area (Å²) >= 11 is 0. The van der Waals surface area contributed by atoms with E-state index in [4.69, 9.17) is 8.83 Å². The van der Waals surface area contributed by atoms with Gasteiger partial charge in [0.05, 0.1) is 22.7 Å². The Balaban J connectivity index is 1.00. The molecule has 2 aliphatic rings. The summed E-state index contributed by atoms with van der Waals surface area (Å²) in [6.07, 6.45) is 10.0. The molecular formula is C64H52N2O2.